The van der Waals surface area contributed by atoms with Gasteiger partial charge in [-0.2, -0.15) is 4.68 Å². The fourth-order valence-corrected chi connectivity index (χ4v) is 4.17. The number of non-ortho nitro benzene ring substituents is 1. The lowest BCUT2D eigenvalue weighted by atomic mass is 10.1. The van der Waals surface area contributed by atoms with Crippen LogP contribution in [0.25, 0.3) is 22.1 Å². The van der Waals surface area contributed by atoms with Gasteiger partial charge in [0.1, 0.15) is 6.61 Å². The van der Waals surface area contributed by atoms with Gasteiger partial charge in [-0.1, -0.05) is 0 Å². The Hall–Kier alpha value is -3.39. The number of nitro groups is 1. The maximum Gasteiger partial charge on any atom is 0.350 e. The maximum atomic E-state index is 14.5. The molecule has 0 bridgehead atoms. The van der Waals surface area contributed by atoms with Crippen LogP contribution in [0.4, 0.5) is 10.1 Å². The molecule has 0 fully saturated rings. The summed E-state index contributed by atoms with van der Waals surface area (Å²) in [6.45, 7) is 1.70. The quantitative estimate of drug-likeness (QED) is 0.231. The summed E-state index contributed by atoms with van der Waals surface area (Å²) in [6, 6.07) is 7.72. The number of fused-ring (bicyclic) bond motifs is 1. The minimum absolute atomic E-state index is 0.116. The van der Waals surface area contributed by atoms with Gasteiger partial charge in [-0.05, 0) is 53.8 Å². The number of hydrogen-bond donors (Lipinski definition) is 1. The Bertz CT molecular complexity index is 1510. The van der Waals surface area contributed by atoms with Gasteiger partial charge in [0.05, 0.1) is 22.4 Å². The molecule has 32 heavy (non-hydrogen) atoms. The predicted molar refractivity (Wildman–Crippen MR) is 122 cm³/mol. The summed E-state index contributed by atoms with van der Waals surface area (Å²) in [4.78, 5) is 35.8. The highest BCUT2D eigenvalue weighted by molar-refractivity contribution is 14.1. The van der Waals surface area contributed by atoms with Gasteiger partial charge in [-0.25, -0.2) is 9.18 Å². The first kappa shape index (κ1) is 21.8. The van der Waals surface area contributed by atoms with E-state index in [-0.39, 0.29) is 16.9 Å². The Morgan fingerprint density at radius 3 is 2.53 bits per heavy atom. The fraction of sp³-hybridized carbons (Fsp3) is 0.150. The molecule has 0 aliphatic heterocycles. The minimum atomic E-state index is -0.902. The molecule has 4 rings (SSSR count). The molecule has 4 aromatic rings. The first-order valence-electron chi connectivity index (χ1n) is 9.36. The van der Waals surface area contributed by atoms with Gasteiger partial charge >= 0.3 is 5.69 Å². The molecule has 0 amide bonds. The van der Waals surface area contributed by atoms with Crippen LogP contribution in [0.15, 0.2) is 52.2 Å². The first-order chi connectivity index (χ1) is 15.3. The van der Waals surface area contributed by atoms with Crippen LogP contribution >= 0.6 is 22.6 Å². The third-order valence-corrected chi connectivity index (χ3v) is 5.85. The topological polar surface area (TPSA) is 125 Å². The summed E-state index contributed by atoms with van der Waals surface area (Å²) >= 11 is 1.98. The number of halogens is 2. The highest BCUT2D eigenvalue weighted by Gasteiger charge is 2.17. The molecule has 10 nitrogen and oxygen atoms in total. The van der Waals surface area contributed by atoms with Gasteiger partial charge in [0, 0.05) is 33.2 Å². The van der Waals surface area contributed by atoms with Crippen LogP contribution in [0.5, 0.6) is 0 Å². The number of aliphatic hydroxyl groups excluding tert-OH is 1. The molecule has 12 heteroatoms. The Morgan fingerprint density at radius 2 is 1.94 bits per heavy atom. The highest BCUT2D eigenvalue weighted by atomic mass is 127. The Kier molecular flexibility index (Phi) is 5.64. The number of aliphatic hydroxyl groups is 1. The summed E-state index contributed by atoms with van der Waals surface area (Å²) in [5, 5.41) is 25.2. The van der Waals surface area contributed by atoms with Crippen LogP contribution in [-0.4, -0.2) is 28.9 Å². The van der Waals surface area contributed by atoms with E-state index in [1.54, 1.807) is 13.0 Å². The molecule has 0 aliphatic carbocycles. The molecule has 2 heterocycles. The van der Waals surface area contributed by atoms with E-state index in [2.05, 4.69) is 5.10 Å². The summed E-state index contributed by atoms with van der Waals surface area (Å²) in [6.07, 6.45) is 1.42. The van der Waals surface area contributed by atoms with Crippen LogP contribution < -0.4 is 11.2 Å². The molecule has 0 atom stereocenters. The van der Waals surface area contributed by atoms with E-state index in [1.807, 2.05) is 22.6 Å². The fourth-order valence-electron chi connectivity index (χ4n) is 3.44. The van der Waals surface area contributed by atoms with E-state index in [1.165, 1.54) is 29.0 Å². The van der Waals surface area contributed by atoms with Crippen LogP contribution in [0, 0.1) is 19.5 Å². The van der Waals surface area contributed by atoms with Crippen molar-refractivity contribution in [3.63, 3.8) is 0 Å². The van der Waals surface area contributed by atoms with Crippen molar-refractivity contribution < 1.29 is 14.4 Å². The number of nitro benzene ring substituents is 1. The molecule has 1 N–H and O–H groups in total. The Morgan fingerprint density at radius 1 is 1.19 bits per heavy atom. The first-order valence-corrected chi connectivity index (χ1v) is 10.4. The standard InChI is InChI=1S/C20H15FIN5O5/c1-2-24-18(10-28)23-26(20(24)30)11-3-5-13-14(7-11)16(22)9-25(19(13)29)17-6-4-12(27(31)32)8-15(17)21/h3-9,28H,2,10H2,1H3. The average Bonchev–Trinajstić information content (AvgIpc) is 3.11. The van der Waals surface area contributed by atoms with Crippen molar-refractivity contribution in [2.45, 2.75) is 20.1 Å². The van der Waals surface area contributed by atoms with Crippen molar-refractivity contribution in [2.75, 3.05) is 0 Å². The molecule has 0 radical (unpaired) electrons. The van der Waals surface area contributed by atoms with Crippen molar-refractivity contribution in [3.8, 4) is 11.4 Å². The number of aromatic nitrogens is 4. The second-order valence-corrected chi connectivity index (χ2v) is 7.95. The van der Waals surface area contributed by atoms with E-state index in [0.717, 1.165) is 21.4 Å². The van der Waals surface area contributed by atoms with Crippen molar-refractivity contribution in [1.82, 2.24) is 18.9 Å². The van der Waals surface area contributed by atoms with Gasteiger partial charge in [0.25, 0.3) is 11.2 Å². The van der Waals surface area contributed by atoms with Gasteiger partial charge < -0.3 is 5.11 Å². The van der Waals surface area contributed by atoms with E-state index < -0.39 is 34.3 Å². The van der Waals surface area contributed by atoms with Crippen LogP contribution in [0.1, 0.15) is 12.7 Å². The predicted octanol–water partition coefficient (Wildman–Crippen LogP) is 2.50. The zero-order valence-corrected chi connectivity index (χ0v) is 18.7. The number of hydrogen-bond acceptors (Lipinski definition) is 6. The second kappa shape index (κ2) is 8.27. The summed E-state index contributed by atoms with van der Waals surface area (Å²) in [5.74, 6) is -0.683. The number of pyridine rings is 1. The lowest BCUT2D eigenvalue weighted by Crippen LogP contribution is -2.24. The molecule has 2 aromatic carbocycles. The summed E-state index contributed by atoms with van der Waals surface area (Å²) in [7, 11) is 0. The minimum Gasteiger partial charge on any atom is -0.388 e. The molecule has 164 valence electrons. The molecule has 0 saturated carbocycles. The SMILES string of the molecule is CCn1c(CO)nn(-c2ccc3c(=O)n(-c4ccc([N+](=O)[O-])cc4F)cc(I)c3c2)c1=O. The van der Waals surface area contributed by atoms with Gasteiger partial charge in [0.15, 0.2) is 11.6 Å². The monoisotopic (exact) mass is 551 g/mol. The smallest absolute Gasteiger partial charge is 0.350 e. The van der Waals surface area contributed by atoms with Crippen molar-refractivity contribution >= 4 is 39.1 Å². The average molecular weight is 551 g/mol. The Labute approximate surface area is 192 Å². The number of nitrogens with zero attached hydrogens (tertiary/aromatic N) is 5. The Balaban J connectivity index is 1.89. The highest BCUT2D eigenvalue weighted by Crippen LogP contribution is 2.24. The number of rotatable bonds is 5. The normalized spacial score (nSPS) is 11.2. The van der Waals surface area contributed by atoms with E-state index in [4.69, 9.17) is 0 Å². The maximum absolute atomic E-state index is 14.5. The van der Waals surface area contributed by atoms with Crippen LogP contribution in [-0.2, 0) is 13.2 Å². The summed E-state index contributed by atoms with van der Waals surface area (Å²) in [5.41, 5.74) is -1.08. The van der Waals surface area contributed by atoms with E-state index in [9.17, 15) is 29.2 Å². The molecule has 0 spiro atoms. The van der Waals surface area contributed by atoms with E-state index in [0.29, 0.717) is 21.2 Å². The zero-order chi connectivity index (χ0) is 23.2. The molecule has 2 aromatic heterocycles. The van der Waals surface area contributed by atoms with Crippen molar-refractivity contribution in [2.24, 2.45) is 0 Å². The molecular weight excluding hydrogens is 536 g/mol. The lowest BCUT2D eigenvalue weighted by Gasteiger charge is -2.11. The largest absolute Gasteiger partial charge is 0.388 e. The molecule has 0 aliphatic rings. The van der Waals surface area contributed by atoms with Gasteiger partial charge in [-0.3, -0.25) is 24.0 Å². The van der Waals surface area contributed by atoms with Gasteiger partial charge in [-0.15, -0.1) is 5.10 Å². The van der Waals surface area contributed by atoms with Crippen molar-refractivity contribution in [3.05, 3.63) is 88.8 Å². The number of benzene rings is 2. The van der Waals surface area contributed by atoms with Crippen LogP contribution in [0.2, 0.25) is 0 Å². The van der Waals surface area contributed by atoms with E-state index >= 15 is 0 Å². The third-order valence-electron chi connectivity index (χ3n) is 5.00. The zero-order valence-electron chi connectivity index (χ0n) is 16.5. The summed E-state index contributed by atoms with van der Waals surface area (Å²) < 4.78 is 18.7. The molecule has 0 unspecified atom stereocenters. The van der Waals surface area contributed by atoms with Gasteiger partial charge in [0.2, 0.25) is 0 Å². The van der Waals surface area contributed by atoms with Crippen molar-refractivity contribution in [1.29, 1.82) is 0 Å². The second-order valence-electron chi connectivity index (χ2n) is 6.79. The molecule has 0 saturated heterocycles. The third kappa shape index (κ3) is 3.50. The molecular formula is C20H15FIN5O5. The lowest BCUT2D eigenvalue weighted by molar-refractivity contribution is -0.385. The van der Waals surface area contributed by atoms with Crippen LogP contribution in [0.3, 0.4) is 0 Å².